The fraction of sp³-hybridized carbons (Fsp3) is 0.517. The van der Waals surface area contributed by atoms with E-state index < -0.39 is 41.3 Å². The number of hydrogen-bond donors (Lipinski definition) is 2. The molecule has 41 heavy (non-hydrogen) atoms. The standard InChI is InChI=1S/C29H32F5N5O2/c1-17-13-38(7-6-28(17,30)31)14-18-8-22-23(24(9-18)29(32,33)34)15-39(25(22)41)20-5-3-4-19(10-20)27(11-21(40)12-27)26-36-35-16-37(26)2/h3-5,8-10,16-17,21,25,40-41H,6-7,11-15H2,1-2H3/t17-,21?,25?,27?/m1/s1. The number of piperidine rings is 1. The van der Waals surface area contributed by atoms with Gasteiger partial charge in [0.25, 0.3) is 5.92 Å². The normalized spacial score (nSPS) is 28.0. The van der Waals surface area contributed by atoms with Crippen LogP contribution in [0.5, 0.6) is 0 Å². The summed E-state index contributed by atoms with van der Waals surface area (Å²) in [6.07, 6.45) is -4.41. The predicted octanol–water partition coefficient (Wildman–Crippen LogP) is 4.76. The SMILES string of the molecule is C[C@@H]1CN(Cc2cc3c(c(C(F)(F)F)c2)CN(c2cccc(C4(c5nncn5C)CC(O)C4)c2)C3O)CCC1(F)F. The van der Waals surface area contributed by atoms with Crippen molar-refractivity contribution in [3.05, 3.63) is 76.4 Å². The van der Waals surface area contributed by atoms with Crippen molar-refractivity contribution in [2.75, 3.05) is 18.0 Å². The van der Waals surface area contributed by atoms with E-state index in [-0.39, 0.29) is 43.7 Å². The molecule has 2 aromatic carbocycles. The first-order valence-electron chi connectivity index (χ1n) is 13.7. The van der Waals surface area contributed by atoms with E-state index in [4.69, 9.17) is 0 Å². The van der Waals surface area contributed by atoms with Crippen LogP contribution in [0.3, 0.4) is 0 Å². The zero-order chi connectivity index (χ0) is 29.3. The fourth-order valence-electron chi connectivity index (χ4n) is 6.72. The van der Waals surface area contributed by atoms with E-state index in [0.717, 1.165) is 11.6 Å². The van der Waals surface area contributed by atoms with Gasteiger partial charge in [0.05, 0.1) is 17.1 Å². The van der Waals surface area contributed by atoms with E-state index in [9.17, 15) is 32.2 Å². The van der Waals surface area contributed by atoms with Crippen molar-refractivity contribution in [1.82, 2.24) is 19.7 Å². The number of nitrogens with zero attached hydrogens (tertiary/aromatic N) is 5. The highest BCUT2D eigenvalue weighted by atomic mass is 19.4. The van der Waals surface area contributed by atoms with Gasteiger partial charge in [0.1, 0.15) is 12.2 Å². The van der Waals surface area contributed by atoms with Crippen LogP contribution in [0, 0.1) is 5.92 Å². The third-order valence-corrected chi connectivity index (χ3v) is 9.01. The zero-order valence-electron chi connectivity index (χ0n) is 22.7. The quantitative estimate of drug-likeness (QED) is 0.426. The molecule has 1 aliphatic carbocycles. The molecular formula is C29H32F5N5O2. The summed E-state index contributed by atoms with van der Waals surface area (Å²) in [6, 6.07) is 9.90. The number of alkyl halides is 5. The van der Waals surface area contributed by atoms with Crippen LogP contribution >= 0.6 is 0 Å². The third-order valence-electron chi connectivity index (χ3n) is 9.01. The molecule has 0 spiro atoms. The minimum atomic E-state index is -4.66. The summed E-state index contributed by atoms with van der Waals surface area (Å²) in [5, 5.41) is 29.8. The molecule has 3 heterocycles. The summed E-state index contributed by atoms with van der Waals surface area (Å²) in [5.74, 6) is -3.01. The summed E-state index contributed by atoms with van der Waals surface area (Å²) >= 11 is 0. The summed E-state index contributed by atoms with van der Waals surface area (Å²) in [6.45, 7) is 1.54. The number of hydrogen-bond acceptors (Lipinski definition) is 6. The predicted molar refractivity (Wildman–Crippen MR) is 140 cm³/mol. The van der Waals surface area contributed by atoms with E-state index in [2.05, 4.69) is 10.2 Å². The molecule has 2 atom stereocenters. The number of rotatable bonds is 5. The van der Waals surface area contributed by atoms with Crippen molar-refractivity contribution in [2.24, 2.45) is 13.0 Å². The molecule has 2 aliphatic heterocycles. The van der Waals surface area contributed by atoms with Gasteiger partial charge in [-0.2, -0.15) is 13.2 Å². The molecule has 0 amide bonds. The lowest BCUT2D eigenvalue weighted by atomic mass is 9.62. The molecule has 1 saturated heterocycles. The molecule has 3 aromatic rings. The number of anilines is 1. The van der Waals surface area contributed by atoms with Gasteiger partial charge in [-0.1, -0.05) is 19.1 Å². The van der Waals surface area contributed by atoms with Gasteiger partial charge in [-0.25, -0.2) is 8.78 Å². The largest absolute Gasteiger partial charge is 0.416 e. The lowest BCUT2D eigenvalue weighted by molar-refractivity contribution is -0.138. The molecule has 6 rings (SSSR count). The Morgan fingerprint density at radius 2 is 1.85 bits per heavy atom. The Labute approximate surface area is 234 Å². The Morgan fingerprint density at radius 3 is 2.49 bits per heavy atom. The van der Waals surface area contributed by atoms with E-state index in [0.29, 0.717) is 29.9 Å². The van der Waals surface area contributed by atoms with Crippen LogP contribution < -0.4 is 4.90 Å². The highest BCUT2D eigenvalue weighted by Crippen LogP contribution is 2.50. The Hall–Kier alpha value is -3.09. The van der Waals surface area contributed by atoms with Crippen LogP contribution in [0.25, 0.3) is 0 Å². The number of benzene rings is 2. The number of aliphatic hydroxyl groups is 2. The van der Waals surface area contributed by atoms with Crippen LogP contribution in [0.15, 0.2) is 42.7 Å². The Kier molecular flexibility index (Phi) is 6.66. The molecule has 0 radical (unpaired) electrons. The van der Waals surface area contributed by atoms with Crippen molar-refractivity contribution in [3.63, 3.8) is 0 Å². The first-order chi connectivity index (χ1) is 19.3. The van der Waals surface area contributed by atoms with Gasteiger partial charge in [0.2, 0.25) is 0 Å². The topological polar surface area (TPSA) is 77.7 Å². The Morgan fingerprint density at radius 1 is 1.10 bits per heavy atom. The van der Waals surface area contributed by atoms with Crippen LogP contribution in [0.1, 0.15) is 66.1 Å². The highest BCUT2D eigenvalue weighted by molar-refractivity contribution is 5.59. The summed E-state index contributed by atoms with van der Waals surface area (Å²) in [7, 11) is 1.82. The van der Waals surface area contributed by atoms with Gasteiger partial charge in [0, 0.05) is 56.8 Å². The first-order valence-corrected chi connectivity index (χ1v) is 13.7. The number of likely N-dealkylation sites (tertiary alicyclic amines) is 1. The summed E-state index contributed by atoms with van der Waals surface area (Å²) in [5.41, 5.74) is 0.425. The van der Waals surface area contributed by atoms with Gasteiger partial charge in [-0.3, -0.25) is 4.90 Å². The number of aliphatic hydroxyl groups excluding tert-OH is 2. The maximum atomic E-state index is 14.3. The van der Waals surface area contributed by atoms with Crippen LogP contribution in [-0.2, 0) is 31.7 Å². The average molecular weight is 578 g/mol. The van der Waals surface area contributed by atoms with Crippen molar-refractivity contribution < 1.29 is 32.2 Å². The molecule has 1 saturated carbocycles. The van der Waals surface area contributed by atoms with E-state index in [1.807, 2.05) is 19.2 Å². The molecule has 1 unspecified atom stereocenters. The minimum absolute atomic E-state index is 0.000204. The van der Waals surface area contributed by atoms with Crippen LogP contribution in [0.2, 0.25) is 0 Å². The van der Waals surface area contributed by atoms with Gasteiger partial charge in [0.15, 0.2) is 6.23 Å². The fourth-order valence-corrected chi connectivity index (χ4v) is 6.72. The number of halogens is 5. The second-order valence-electron chi connectivity index (χ2n) is 11.8. The van der Waals surface area contributed by atoms with Gasteiger partial charge >= 0.3 is 6.18 Å². The van der Waals surface area contributed by atoms with Crippen molar-refractivity contribution in [2.45, 2.75) is 69.1 Å². The molecule has 7 nitrogen and oxygen atoms in total. The molecule has 1 aromatic heterocycles. The summed E-state index contributed by atoms with van der Waals surface area (Å²) < 4.78 is 72.6. The van der Waals surface area contributed by atoms with Crippen molar-refractivity contribution in [1.29, 1.82) is 0 Å². The molecule has 220 valence electrons. The lowest BCUT2D eigenvalue weighted by Gasteiger charge is -2.45. The molecular weight excluding hydrogens is 545 g/mol. The maximum absolute atomic E-state index is 14.3. The van der Waals surface area contributed by atoms with Crippen LogP contribution in [-0.4, -0.2) is 55.0 Å². The molecule has 0 bridgehead atoms. The highest BCUT2D eigenvalue weighted by Gasteiger charge is 2.50. The van der Waals surface area contributed by atoms with Crippen molar-refractivity contribution in [3.8, 4) is 0 Å². The Bertz CT molecular complexity index is 1450. The lowest BCUT2D eigenvalue weighted by Crippen LogP contribution is -2.47. The first kappa shape index (κ1) is 28.0. The monoisotopic (exact) mass is 577 g/mol. The van der Waals surface area contributed by atoms with Gasteiger partial charge in [-0.05, 0) is 53.8 Å². The number of aromatic nitrogens is 3. The molecule has 2 fully saturated rings. The third kappa shape index (κ3) is 4.79. The van der Waals surface area contributed by atoms with Crippen molar-refractivity contribution >= 4 is 5.69 Å². The van der Waals surface area contributed by atoms with Gasteiger partial charge in [-0.15, -0.1) is 10.2 Å². The second kappa shape index (κ2) is 9.74. The van der Waals surface area contributed by atoms with Gasteiger partial charge < -0.3 is 19.7 Å². The van der Waals surface area contributed by atoms with Crippen LogP contribution in [0.4, 0.5) is 27.6 Å². The minimum Gasteiger partial charge on any atom is -0.393 e. The average Bonchev–Trinajstić information content (AvgIpc) is 3.46. The Balaban J connectivity index is 1.32. The number of aryl methyl sites for hydroxylation is 1. The number of fused-ring (bicyclic) bond motifs is 1. The second-order valence-corrected chi connectivity index (χ2v) is 11.8. The molecule has 3 aliphatic rings. The smallest absolute Gasteiger partial charge is 0.393 e. The molecule has 2 N–H and O–H groups in total. The zero-order valence-corrected chi connectivity index (χ0v) is 22.7. The van der Waals surface area contributed by atoms with E-state index in [1.54, 1.807) is 34.0 Å². The van der Waals surface area contributed by atoms with E-state index in [1.165, 1.54) is 11.8 Å². The molecule has 12 heteroatoms. The maximum Gasteiger partial charge on any atom is 0.416 e. The summed E-state index contributed by atoms with van der Waals surface area (Å²) in [4.78, 5) is 3.27. The van der Waals surface area contributed by atoms with E-state index >= 15 is 0 Å².